The Morgan fingerprint density at radius 2 is 0.724 bits per heavy atom. The van der Waals surface area contributed by atoms with E-state index < -0.39 is 0 Å². The van der Waals surface area contributed by atoms with Crippen molar-refractivity contribution >= 4 is 123 Å². The van der Waals surface area contributed by atoms with Gasteiger partial charge in [0.1, 0.15) is 0 Å². The minimum absolute atomic E-state index is 0.0553. The fourth-order valence-electron chi connectivity index (χ4n) is 13.8. The van der Waals surface area contributed by atoms with Gasteiger partial charge in [0.05, 0.1) is 38.8 Å². The molecule has 7 heteroatoms. The Kier molecular flexibility index (Phi) is 9.84. The molecule has 0 atom stereocenters. The number of aromatic nitrogens is 3. The second kappa shape index (κ2) is 16.8. The van der Waals surface area contributed by atoms with Gasteiger partial charge in [-0.2, -0.15) is 0 Å². The number of fused-ring (bicyclic) bond motifs is 15. The highest BCUT2D eigenvalue weighted by Gasteiger charge is 2.46. The number of anilines is 6. The fourth-order valence-corrected chi connectivity index (χ4v) is 13.8. The van der Waals surface area contributed by atoms with E-state index in [1.54, 1.807) is 0 Å². The first-order valence-electron chi connectivity index (χ1n) is 27.1. The van der Waals surface area contributed by atoms with E-state index in [0.717, 1.165) is 17.1 Å². The molecule has 0 aliphatic carbocycles. The summed E-state index contributed by atoms with van der Waals surface area (Å²) < 4.78 is 7.40. The molecule has 0 spiro atoms. The number of benzene rings is 10. The van der Waals surface area contributed by atoms with Gasteiger partial charge in [0.15, 0.2) is 0 Å². The summed E-state index contributed by atoms with van der Waals surface area (Å²) in [5.74, 6) is 0. The molecule has 0 saturated carbocycles. The van der Waals surface area contributed by atoms with Crippen molar-refractivity contribution in [2.24, 2.45) is 0 Å². The lowest BCUT2D eigenvalue weighted by Crippen LogP contribution is -2.63. The Morgan fingerprint density at radius 1 is 0.355 bits per heavy atom. The van der Waals surface area contributed by atoms with E-state index >= 15 is 0 Å². The van der Waals surface area contributed by atoms with Crippen LogP contribution in [0.4, 0.5) is 34.1 Å². The summed E-state index contributed by atoms with van der Waals surface area (Å²) in [7, 11) is 0. The van der Waals surface area contributed by atoms with E-state index in [1.807, 2.05) is 0 Å². The second-order valence-corrected chi connectivity index (χ2v) is 21.8. The van der Waals surface area contributed by atoms with Gasteiger partial charge in [0.2, 0.25) is 0 Å². The molecule has 0 amide bonds. The minimum atomic E-state index is -0.0553. The van der Waals surface area contributed by atoms with E-state index in [-0.39, 0.29) is 24.8 Å². The third kappa shape index (κ3) is 6.17. The van der Waals surface area contributed by atoms with Gasteiger partial charge >= 0.3 is 0 Å². The molecule has 0 radical (unpaired) electrons. The van der Waals surface area contributed by atoms with Gasteiger partial charge in [-0.1, -0.05) is 127 Å². The molecule has 366 valence electrons. The van der Waals surface area contributed by atoms with Crippen LogP contribution >= 0.6 is 0 Å². The Labute approximate surface area is 443 Å². The second-order valence-electron chi connectivity index (χ2n) is 21.8. The van der Waals surface area contributed by atoms with Crippen molar-refractivity contribution in [2.45, 2.75) is 59.7 Å². The molecular formula is C69H57BN6. The lowest BCUT2D eigenvalue weighted by atomic mass is 9.33. The van der Waals surface area contributed by atoms with Crippen LogP contribution in [-0.2, 0) is 0 Å². The van der Waals surface area contributed by atoms with Crippen molar-refractivity contribution in [2.75, 3.05) is 14.7 Å². The molecule has 5 heterocycles. The fraction of sp³-hybridized carbons (Fsp3) is 0.130. The van der Waals surface area contributed by atoms with Crippen LogP contribution in [0.3, 0.4) is 0 Å². The van der Waals surface area contributed by atoms with Crippen LogP contribution in [-0.4, -0.2) is 38.5 Å². The van der Waals surface area contributed by atoms with Crippen LogP contribution in [0.5, 0.6) is 0 Å². The molecule has 6 nitrogen and oxygen atoms in total. The van der Waals surface area contributed by atoms with Gasteiger partial charge in [-0.05, 0) is 149 Å². The standard InChI is InChI=1S/C69H57BN6/c1-43(2)71(58-35-22-36-59-64(58)50-29-16-19-32-55(50)74(59)46-23-10-7-11-24-46)49-41-62-67-63(42-49)73(45(5)6)69-54(38-40-61-66(69)52-31-18-21-34-57(52)76(61)48-27-14-9-15-28-48)70(67)53-37-39-60-65(68(53)72(62)44(3)4)51-30-17-20-33-56(51)75(60)47-25-12-8-13-26-47/h7-45H,1-6H3. The molecule has 2 aliphatic rings. The van der Waals surface area contributed by atoms with Gasteiger partial charge in [0.25, 0.3) is 6.71 Å². The molecule has 0 saturated heterocycles. The molecule has 2 aliphatic heterocycles. The van der Waals surface area contributed by atoms with Gasteiger partial charge in [-0.15, -0.1) is 0 Å². The van der Waals surface area contributed by atoms with Crippen molar-refractivity contribution in [3.05, 3.63) is 218 Å². The SMILES string of the molecule is CC(C)N(c1cc2c3c(c1)N(C(C)C)c1c(ccc4c1c1ccccc1n4-c1ccccc1)B3c1ccc3c(c1N2C(C)C)c1ccccc1n3-c1ccccc1)c1cccc2c1c1ccccc1n2-c1ccccc1. The summed E-state index contributed by atoms with van der Waals surface area (Å²) in [6, 6.07) is 81.9. The van der Waals surface area contributed by atoms with Crippen LogP contribution in [0.25, 0.3) is 82.5 Å². The van der Waals surface area contributed by atoms with Crippen molar-refractivity contribution in [1.29, 1.82) is 0 Å². The zero-order chi connectivity index (χ0) is 51.1. The molecule has 15 rings (SSSR count). The Balaban J connectivity index is 1.08. The number of nitrogens with zero attached hydrogens (tertiary/aromatic N) is 6. The summed E-state index contributed by atoms with van der Waals surface area (Å²) in [4.78, 5) is 8.05. The highest BCUT2D eigenvalue weighted by molar-refractivity contribution is 7.00. The molecule has 0 N–H and O–H groups in total. The predicted molar refractivity (Wildman–Crippen MR) is 325 cm³/mol. The van der Waals surface area contributed by atoms with Gasteiger partial charge in [-0.3, -0.25) is 0 Å². The quantitative estimate of drug-likeness (QED) is 0.142. The molecule has 0 fully saturated rings. The zero-order valence-corrected chi connectivity index (χ0v) is 43.8. The summed E-state index contributed by atoms with van der Waals surface area (Å²) in [6.07, 6.45) is 0. The average Bonchev–Trinajstić information content (AvgIpc) is 4.26. The molecule has 76 heavy (non-hydrogen) atoms. The number of para-hydroxylation sites is 6. The predicted octanol–water partition coefficient (Wildman–Crippen LogP) is 15.8. The average molecular weight is 981 g/mol. The smallest absolute Gasteiger partial charge is 0.252 e. The highest BCUT2D eigenvalue weighted by atomic mass is 15.2. The zero-order valence-electron chi connectivity index (χ0n) is 43.8. The van der Waals surface area contributed by atoms with Crippen LogP contribution < -0.4 is 31.1 Å². The Hall–Kier alpha value is -8.94. The van der Waals surface area contributed by atoms with Gasteiger partial charge in [0, 0.05) is 95.9 Å². The molecule has 0 bridgehead atoms. The Bertz CT molecular complexity index is 4270. The van der Waals surface area contributed by atoms with Crippen molar-refractivity contribution < 1.29 is 0 Å². The number of hydrogen-bond acceptors (Lipinski definition) is 3. The van der Waals surface area contributed by atoms with E-state index in [9.17, 15) is 0 Å². The lowest BCUT2D eigenvalue weighted by Gasteiger charge is -2.47. The first-order valence-corrected chi connectivity index (χ1v) is 27.1. The molecular weight excluding hydrogens is 924 g/mol. The summed E-state index contributed by atoms with van der Waals surface area (Å²) in [5, 5.41) is 7.59. The normalized spacial score (nSPS) is 13.1. The van der Waals surface area contributed by atoms with Crippen LogP contribution in [0.2, 0.25) is 0 Å². The largest absolute Gasteiger partial charge is 0.339 e. The maximum Gasteiger partial charge on any atom is 0.252 e. The van der Waals surface area contributed by atoms with Crippen LogP contribution in [0.15, 0.2) is 218 Å². The monoisotopic (exact) mass is 980 g/mol. The van der Waals surface area contributed by atoms with Crippen molar-refractivity contribution in [3.8, 4) is 17.1 Å². The van der Waals surface area contributed by atoms with Gasteiger partial charge < -0.3 is 28.4 Å². The number of rotatable bonds is 8. The first kappa shape index (κ1) is 44.5. The molecule has 0 unspecified atom stereocenters. The summed E-state index contributed by atoms with van der Waals surface area (Å²) in [5.41, 5.74) is 22.2. The topological polar surface area (TPSA) is 24.5 Å². The molecule has 13 aromatic rings. The minimum Gasteiger partial charge on any atom is -0.339 e. The van der Waals surface area contributed by atoms with Crippen molar-refractivity contribution in [1.82, 2.24) is 13.7 Å². The first-order chi connectivity index (χ1) is 37.3. The maximum atomic E-state index is 2.71. The highest BCUT2D eigenvalue weighted by Crippen LogP contribution is 2.51. The van der Waals surface area contributed by atoms with Crippen LogP contribution in [0.1, 0.15) is 41.5 Å². The maximum absolute atomic E-state index is 2.71. The van der Waals surface area contributed by atoms with E-state index in [2.05, 4.69) is 288 Å². The Morgan fingerprint density at radius 3 is 1.13 bits per heavy atom. The third-order valence-electron chi connectivity index (χ3n) is 16.5. The van der Waals surface area contributed by atoms with E-state index in [4.69, 9.17) is 0 Å². The van der Waals surface area contributed by atoms with Crippen molar-refractivity contribution in [3.63, 3.8) is 0 Å². The van der Waals surface area contributed by atoms with E-state index in [0.29, 0.717) is 0 Å². The lowest BCUT2D eigenvalue weighted by molar-refractivity contribution is 0.775. The van der Waals surface area contributed by atoms with Crippen LogP contribution in [0, 0.1) is 0 Å². The molecule has 3 aromatic heterocycles. The van der Waals surface area contributed by atoms with Gasteiger partial charge in [-0.25, -0.2) is 0 Å². The summed E-state index contributed by atoms with van der Waals surface area (Å²) >= 11 is 0. The van der Waals surface area contributed by atoms with E-state index in [1.165, 1.54) is 116 Å². The molecule has 10 aromatic carbocycles. The third-order valence-corrected chi connectivity index (χ3v) is 16.5. The number of hydrogen-bond donors (Lipinski definition) is 0. The summed E-state index contributed by atoms with van der Waals surface area (Å²) in [6.45, 7) is 14.2.